The van der Waals surface area contributed by atoms with Crippen molar-refractivity contribution in [3.8, 4) is 17.2 Å². The van der Waals surface area contributed by atoms with E-state index < -0.39 is 71.8 Å². The molecule has 8 rings (SSSR count). The number of nitrogens with one attached hydrogen (secondary N) is 4. The van der Waals surface area contributed by atoms with Gasteiger partial charge in [-0.05, 0) is 92.9 Å². The van der Waals surface area contributed by atoms with Crippen LogP contribution in [0, 0.1) is 20.8 Å². The lowest BCUT2D eigenvalue weighted by Gasteiger charge is -2.28. The number of aryl methyl sites for hydroxylation is 3. The van der Waals surface area contributed by atoms with Gasteiger partial charge in [0.15, 0.2) is 0 Å². The lowest BCUT2D eigenvalue weighted by atomic mass is 9.92. The number of nitrogens with zero attached hydrogens (tertiary/aromatic N) is 2. The number of phenols is 3. The Morgan fingerprint density at radius 1 is 0.512 bits per heavy atom. The second-order valence-electron chi connectivity index (χ2n) is 21.1. The molecule has 19 heteroatoms. The Kier molecular flexibility index (Phi) is 20.2. The third kappa shape index (κ3) is 15.0. The fourth-order valence-corrected chi connectivity index (χ4v) is 13.4. The highest BCUT2D eigenvalue weighted by Crippen LogP contribution is 2.37. The molecule has 0 aliphatic carbocycles. The maximum atomic E-state index is 14.4. The Hall–Kier alpha value is -7.06. The largest absolute Gasteiger partial charge is 0.507 e. The van der Waals surface area contributed by atoms with Crippen molar-refractivity contribution in [3.63, 3.8) is 0 Å². The van der Waals surface area contributed by atoms with Crippen LogP contribution in [0.3, 0.4) is 0 Å². The van der Waals surface area contributed by atoms with Crippen LogP contribution in [0.5, 0.6) is 17.2 Å². The van der Waals surface area contributed by atoms with Gasteiger partial charge in [0.2, 0.25) is 23.6 Å². The molecule has 6 atom stereocenters. The van der Waals surface area contributed by atoms with Gasteiger partial charge in [-0.25, -0.2) is 9.59 Å². The first-order valence-corrected chi connectivity index (χ1v) is 29.6. The summed E-state index contributed by atoms with van der Waals surface area (Å²) >= 11 is 0. The van der Waals surface area contributed by atoms with Gasteiger partial charge in [0.25, 0.3) is 0 Å². The first-order chi connectivity index (χ1) is 38.5. The number of phenolic OH excluding ortho intramolecular Hbond substituents is 3. The molecule has 0 radical (unpaired) electrons. The molecule has 4 amide bonds. The SMILES string of the molecule is COC(=O)[C@@H]1CSSC[C@H](C(=O)OC)NC(=O)[C@H](Cc2ccccc2)NC(=O)[C@@H]2CCCN2Cc2cc(C)cc(c2O)Cc2cc(C)cc(c2O)Cc2cc(C)cc(c2O)CN2CCC[C@H]2C(=O)N[C@@H](Cc2ccccc2)C(=O)N1. The van der Waals surface area contributed by atoms with Crippen LogP contribution in [-0.2, 0) is 77.0 Å². The number of aromatic hydroxyl groups is 3. The summed E-state index contributed by atoms with van der Waals surface area (Å²) in [6.45, 7) is 7.34. The van der Waals surface area contributed by atoms with Gasteiger partial charge in [-0.15, -0.1) is 0 Å². The highest BCUT2D eigenvalue weighted by atomic mass is 33.1. The Morgan fingerprint density at radius 2 is 0.850 bits per heavy atom. The Balaban J connectivity index is 1.13. The average Bonchev–Trinajstić information content (AvgIpc) is 4.15. The molecule has 0 saturated carbocycles. The molecular formula is C61H72N6O11S2. The fourth-order valence-electron chi connectivity index (χ4n) is 11.1. The molecule has 5 aromatic rings. The van der Waals surface area contributed by atoms with E-state index in [1.807, 2.05) is 128 Å². The van der Waals surface area contributed by atoms with Crippen molar-refractivity contribution in [1.29, 1.82) is 0 Å². The van der Waals surface area contributed by atoms with E-state index in [9.17, 15) is 44.1 Å². The van der Waals surface area contributed by atoms with Crippen LogP contribution in [0.15, 0.2) is 97.1 Å². The molecule has 0 spiro atoms. The van der Waals surface area contributed by atoms with Crippen molar-refractivity contribution >= 4 is 57.2 Å². The zero-order valence-corrected chi connectivity index (χ0v) is 47.6. The molecule has 7 N–H and O–H groups in total. The standard InChI is InChI=1S/C61H72N6O11S2/c1-36-22-41-30-43-24-37(2)26-45(54(43)69)32-66-20-12-18-51(66)58(73)62-47(28-39-14-8-6-9-15-39)56(71)64-49(60(75)77-4)34-79-80-35-50(61(76)78-5)65-57(72)48(29-40-16-10-7-11-17-40)63-59(74)52-19-13-21-67(52)33-46-27-38(3)25-44(55(46)70)31-42(23-36)53(41)68/h6-11,14-17,22-27,47-52,68-70H,12-13,18-21,28-35H2,1-5H3,(H,62,73)(H,63,74)(H,64,71)(H,65,72)/t47-,48-,49-,50+,51-,52-/m0/s1. The minimum atomic E-state index is -1.18. The Labute approximate surface area is 475 Å². The topological polar surface area (TPSA) is 236 Å². The van der Waals surface area contributed by atoms with Gasteiger partial charge in [0.1, 0.15) is 41.4 Å². The first-order valence-electron chi connectivity index (χ1n) is 27.1. The zero-order valence-electron chi connectivity index (χ0n) is 45.9. The molecule has 3 aliphatic heterocycles. The number of rotatable bonds is 6. The normalized spacial score (nSPS) is 22.4. The number of carbonyl (C=O) groups is 6. The van der Waals surface area contributed by atoms with Crippen molar-refractivity contribution in [2.24, 2.45) is 0 Å². The number of carbonyl (C=O) groups excluding carboxylic acids is 6. The Bertz CT molecular complexity index is 2860. The van der Waals surface area contributed by atoms with Crippen molar-refractivity contribution in [1.82, 2.24) is 31.1 Å². The number of benzene rings is 5. The number of ether oxygens (including phenoxy) is 2. The van der Waals surface area contributed by atoms with Crippen LogP contribution in [0.1, 0.15) is 86.9 Å². The molecule has 80 heavy (non-hydrogen) atoms. The monoisotopic (exact) mass is 1130 g/mol. The summed E-state index contributed by atoms with van der Waals surface area (Å²) < 4.78 is 10.2. The van der Waals surface area contributed by atoms with Crippen LogP contribution in [0.2, 0.25) is 0 Å². The van der Waals surface area contributed by atoms with E-state index in [0.717, 1.165) is 49.4 Å². The van der Waals surface area contributed by atoms with Crippen molar-refractivity contribution in [2.75, 3.05) is 38.8 Å². The van der Waals surface area contributed by atoms with Gasteiger partial charge < -0.3 is 46.1 Å². The molecule has 5 aromatic carbocycles. The fraction of sp³-hybridized carbons (Fsp3) is 0.410. The maximum Gasteiger partial charge on any atom is 0.329 e. The van der Waals surface area contributed by atoms with Crippen molar-refractivity contribution in [3.05, 3.63) is 158 Å². The molecule has 0 unspecified atom stereocenters. The van der Waals surface area contributed by atoms with Crippen LogP contribution in [0.4, 0.5) is 0 Å². The molecule has 6 bridgehead atoms. The summed E-state index contributed by atoms with van der Waals surface area (Å²) in [6.07, 6.45) is 2.96. The number of hydrogen-bond donors (Lipinski definition) is 7. The van der Waals surface area contributed by atoms with Gasteiger partial charge >= 0.3 is 11.9 Å². The summed E-state index contributed by atoms with van der Waals surface area (Å²) in [4.78, 5) is 88.2. The smallest absolute Gasteiger partial charge is 0.329 e. The molecule has 2 saturated heterocycles. The molecule has 0 aromatic heterocycles. The summed E-state index contributed by atoms with van der Waals surface area (Å²) in [6, 6.07) is 23.8. The van der Waals surface area contributed by atoms with Crippen LogP contribution < -0.4 is 21.3 Å². The summed E-state index contributed by atoms with van der Waals surface area (Å²) in [5, 5.41) is 47.5. The summed E-state index contributed by atoms with van der Waals surface area (Å²) in [5.41, 5.74) is 7.70. The second kappa shape index (κ2) is 27.4. The number of fused-ring (bicyclic) bond motifs is 8. The third-order valence-electron chi connectivity index (χ3n) is 15.1. The molecule has 17 nitrogen and oxygen atoms in total. The summed E-state index contributed by atoms with van der Waals surface area (Å²) in [5.74, 6) is -3.42. The minimum absolute atomic E-state index is 0.0217. The summed E-state index contributed by atoms with van der Waals surface area (Å²) in [7, 11) is 4.71. The van der Waals surface area contributed by atoms with Gasteiger partial charge in [0.05, 0.1) is 26.3 Å². The quantitative estimate of drug-likeness (QED) is 0.0763. The van der Waals surface area contributed by atoms with E-state index in [-0.39, 0.29) is 67.5 Å². The number of esters is 2. The van der Waals surface area contributed by atoms with Gasteiger partial charge in [-0.2, -0.15) is 0 Å². The van der Waals surface area contributed by atoms with Gasteiger partial charge in [-0.3, -0.25) is 29.0 Å². The average molecular weight is 1130 g/mol. The molecule has 424 valence electrons. The number of amides is 4. The molecule has 2 fully saturated rings. The van der Waals surface area contributed by atoms with Crippen LogP contribution in [-0.4, -0.2) is 136 Å². The predicted octanol–water partition coefficient (Wildman–Crippen LogP) is 6.00. The Morgan fingerprint density at radius 3 is 1.20 bits per heavy atom. The number of methoxy groups -OCH3 is 2. The minimum Gasteiger partial charge on any atom is -0.507 e. The number of hydrogen-bond acceptors (Lipinski definition) is 15. The van der Waals surface area contributed by atoms with Gasteiger partial charge in [-0.1, -0.05) is 135 Å². The van der Waals surface area contributed by atoms with E-state index in [1.165, 1.54) is 14.2 Å². The van der Waals surface area contributed by atoms with Gasteiger partial charge in [0, 0.05) is 61.4 Å². The van der Waals surface area contributed by atoms with E-state index >= 15 is 0 Å². The van der Waals surface area contributed by atoms with E-state index in [4.69, 9.17) is 9.47 Å². The van der Waals surface area contributed by atoms with E-state index in [0.29, 0.717) is 72.2 Å². The van der Waals surface area contributed by atoms with Crippen LogP contribution >= 0.6 is 21.6 Å². The van der Waals surface area contributed by atoms with Crippen molar-refractivity contribution in [2.45, 2.75) is 121 Å². The van der Waals surface area contributed by atoms with Crippen molar-refractivity contribution < 1.29 is 53.6 Å². The lowest BCUT2D eigenvalue weighted by molar-refractivity contribution is -0.145. The first kappa shape index (κ1) is 59.1. The van der Waals surface area contributed by atoms with E-state index in [1.54, 1.807) is 0 Å². The molecule has 3 aliphatic rings. The predicted molar refractivity (Wildman–Crippen MR) is 308 cm³/mol. The maximum absolute atomic E-state index is 14.4. The zero-order chi connectivity index (χ0) is 57.0. The lowest BCUT2D eigenvalue weighted by Crippen LogP contribution is -2.56. The molecule has 3 heterocycles. The molecular weight excluding hydrogens is 1060 g/mol. The van der Waals surface area contributed by atoms with Crippen LogP contribution in [0.25, 0.3) is 0 Å². The highest BCUT2D eigenvalue weighted by Gasteiger charge is 2.37. The van der Waals surface area contributed by atoms with E-state index in [2.05, 4.69) is 21.3 Å². The second-order valence-corrected chi connectivity index (χ2v) is 23.7. The highest BCUT2D eigenvalue weighted by molar-refractivity contribution is 8.76. The third-order valence-corrected chi connectivity index (χ3v) is 17.5.